The van der Waals surface area contributed by atoms with Gasteiger partial charge in [0.2, 0.25) is 11.8 Å². The standard InChI is InChI=1S/C15H28N4O3/c1-15(2,3)19-10-11(7-12(19)20)9-18(6)13(21)8-16-14(22)17(4)5/h11H,7-10H2,1-6H3,(H,16,22). The van der Waals surface area contributed by atoms with Gasteiger partial charge in [0.15, 0.2) is 0 Å². The number of likely N-dealkylation sites (tertiary alicyclic amines) is 1. The van der Waals surface area contributed by atoms with Crippen molar-refractivity contribution in [2.45, 2.75) is 32.7 Å². The molecule has 0 aromatic heterocycles. The number of likely N-dealkylation sites (N-methyl/N-ethyl adjacent to an activating group) is 1. The number of nitrogens with zero attached hydrogens (tertiary/aromatic N) is 3. The summed E-state index contributed by atoms with van der Waals surface area (Å²) in [5.41, 5.74) is -0.186. The average molecular weight is 312 g/mol. The summed E-state index contributed by atoms with van der Waals surface area (Å²) < 4.78 is 0. The first-order chi connectivity index (χ1) is 10.0. The molecule has 126 valence electrons. The molecule has 1 aliphatic rings. The van der Waals surface area contributed by atoms with Crippen molar-refractivity contribution < 1.29 is 14.4 Å². The molecule has 0 radical (unpaired) electrons. The van der Waals surface area contributed by atoms with Gasteiger partial charge in [-0.1, -0.05) is 0 Å². The lowest BCUT2D eigenvalue weighted by molar-refractivity contribution is -0.132. The third-order valence-electron chi connectivity index (χ3n) is 3.77. The Morgan fingerprint density at radius 2 is 1.86 bits per heavy atom. The van der Waals surface area contributed by atoms with Gasteiger partial charge >= 0.3 is 6.03 Å². The van der Waals surface area contributed by atoms with Gasteiger partial charge in [-0.3, -0.25) is 9.59 Å². The van der Waals surface area contributed by atoms with Crippen molar-refractivity contribution in [2.24, 2.45) is 5.92 Å². The van der Waals surface area contributed by atoms with Gasteiger partial charge in [0.1, 0.15) is 0 Å². The summed E-state index contributed by atoms with van der Waals surface area (Å²) >= 11 is 0. The minimum absolute atomic E-state index is 0.0306. The second-order valence-electron chi connectivity index (χ2n) is 7.07. The summed E-state index contributed by atoms with van der Waals surface area (Å²) in [5.74, 6) is 0.126. The predicted octanol–water partition coefficient (Wildman–Crippen LogP) is 0.363. The Morgan fingerprint density at radius 3 is 2.32 bits per heavy atom. The van der Waals surface area contributed by atoms with Gasteiger partial charge in [0, 0.05) is 52.1 Å². The van der Waals surface area contributed by atoms with Gasteiger partial charge in [0.25, 0.3) is 0 Å². The molecule has 22 heavy (non-hydrogen) atoms. The molecular weight excluding hydrogens is 284 g/mol. The van der Waals surface area contributed by atoms with Crippen LogP contribution in [0.25, 0.3) is 0 Å². The number of amides is 4. The number of carbonyl (C=O) groups excluding carboxylic acids is 3. The number of urea groups is 1. The Labute approximate surface area is 132 Å². The fraction of sp³-hybridized carbons (Fsp3) is 0.800. The Balaban J connectivity index is 2.46. The molecule has 4 amide bonds. The molecule has 1 N–H and O–H groups in total. The van der Waals surface area contributed by atoms with Crippen molar-refractivity contribution in [1.82, 2.24) is 20.0 Å². The Kier molecular flexibility index (Phi) is 5.79. The molecule has 1 fully saturated rings. The molecule has 0 aliphatic carbocycles. The van der Waals surface area contributed by atoms with Crippen molar-refractivity contribution in [3.8, 4) is 0 Å². The zero-order valence-electron chi connectivity index (χ0n) is 14.5. The highest BCUT2D eigenvalue weighted by Crippen LogP contribution is 2.26. The van der Waals surface area contributed by atoms with E-state index < -0.39 is 0 Å². The van der Waals surface area contributed by atoms with Crippen LogP contribution in [-0.4, -0.2) is 78.9 Å². The van der Waals surface area contributed by atoms with Gasteiger partial charge in [0.05, 0.1) is 6.54 Å². The van der Waals surface area contributed by atoms with Crippen LogP contribution in [0.5, 0.6) is 0 Å². The predicted molar refractivity (Wildman–Crippen MR) is 84.3 cm³/mol. The summed E-state index contributed by atoms with van der Waals surface area (Å²) in [6.45, 7) is 7.20. The normalized spacial score (nSPS) is 18.4. The van der Waals surface area contributed by atoms with Crippen LogP contribution < -0.4 is 5.32 Å². The van der Waals surface area contributed by atoms with Crippen molar-refractivity contribution in [3.05, 3.63) is 0 Å². The number of hydrogen-bond donors (Lipinski definition) is 1. The Hall–Kier alpha value is -1.79. The summed E-state index contributed by atoms with van der Waals surface area (Å²) in [4.78, 5) is 40.3. The molecule has 0 spiro atoms. The Morgan fingerprint density at radius 1 is 1.27 bits per heavy atom. The van der Waals surface area contributed by atoms with Crippen molar-refractivity contribution in [1.29, 1.82) is 0 Å². The van der Waals surface area contributed by atoms with E-state index >= 15 is 0 Å². The second-order valence-corrected chi connectivity index (χ2v) is 7.07. The van der Waals surface area contributed by atoms with E-state index in [1.165, 1.54) is 4.90 Å². The average Bonchev–Trinajstić information content (AvgIpc) is 2.75. The summed E-state index contributed by atoms with van der Waals surface area (Å²) in [6, 6.07) is -0.295. The molecule has 0 bridgehead atoms. The van der Waals surface area contributed by atoms with Crippen LogP contribution in [0.2, 0.25) is 0 Å². The first-order valence-corrected chi connectivity index (χ1v) is 7.52. The lowest BCUT2D eigenvalue weighted by atomic mass is 10.1. The number of carbonyl (C=O) groups is 3. The third-order valence-corrected chi connectivity index (χ3v) is 3.77. The third kappa shape index (κ3) is 4.89. The monoisotopic (exact) mass is 312 g/mol. The molecule has 0 aromatic carbocycles. The minimum Gasteiger partial charge on any atom is -0.344 e. The zero-order valence-corrected chi connectivity index (χ0v) is 14.5. The number of rotatable bonds is 4. The maximum Gasteiger partial charge on any atom is 0.317 e. The highest BCUT2D eigenvalue weighted by molar-refractivity contribution is 5.84. The fourth-order valence-electron chi connectivity index (χ4n) is 2.49. The van der Waals surface area contributed by atoms with E-state index in [2.05, 4.69) is 5.32 Å². The van der Waals surface area contributed by atoms with E-state index in [1.807, 2.05) is 25.7 Å². The lowest BCUT2D eigenvalue weighted by Gasteiger charge is -2.32. The van der Waals surface area contributed by atoms with E-state index in [-0.39, 0.29) is 35.8 Å². The minimum atomic E-state index is -0.295. The first-order valence-electron chi connectivity index (χ1n) is 7.52. The highest BCUT2D eigenvalue weighted by Gasteiger charge is 2.36. The molecule has 1 heterocycles. The fourth-order valence-corrected chi connectivity index (χ4v) is 2.49. The lowest BCUT2D eigenvalue weighted by Crippen LogP contribution is -2.44. The van der Waals surface area contributed by atoms with Crippen LogP contribution in [0.1, 0.15) is 27.2 Å². The van der Waals surface area contributed by atoms with Crippen LogP contribution in [-0.2, 0) is 9.59 Å². The van der Waals surface area contributed by atoms with Crippen LogP contribution in [0.4, 0.5) is 4.79 Å². The summed E-state index contributed by atoms with van der Waals surface area (Å²) in [5, 5.41) is 2.55. The smallest absolute Gasteiger partial charge is 0.317 e. The van der Waals surface area contributed by atoms with Crippen molar-refractivity contribution >= 4 is 17.8 Å². The molecule has 1 rings (SSSR count). The van der Waals surface area contributed by atoms with E-state index in [9.17, 15) is 14.4 Å². The van der Waals surface area contributed by atoms with Gasteiger partial charge in [-0.25, -0.2) is 4.79 Å². The van der Waals surface area contributed by atoms with E-state index in [4.69, 9.17) is 0 Å². The molecule has 1 saturated heterocycles. The molecule has 1 aliphatic heterocycles. The number of hydrogen-bond acceptors (Lipinski definition) is 3. The summed E-state index contributed by atoms with van der Waals surface area (Å²) in [7, 11) is 4.94. The van der Waals surface area contributed by atoms with E-state index in [0.717, 1.165) is 0 Å². The Bertz CT molecular complexity index is 443. The quantitative estimate of drug-likeness (QED) is 0.815. The van der Waals surface area contributed by atoms with Gasteiger partial charge in [-0.05, 0) is 20.8 Å². The van der Waals surface area contributed by atoms with Gasteiger partial charge in [-0.2, -0.15) is 0 Å². The van der Waals surface area contributed by atoms with Crippen LogP contribution in [0, 0.1) is 5.92 Å². The molecule has 7 heteroatoms. The SMILES string of the molecule is CN(C)C(=O)NCC(=O)N(C)CC1CC(=O)N(C(C)(C)C)C1. The molecule has 1 unspecified atom stereocenters. The van der Waals surface area contributed by atoms with Crippen molar-refractivity contribution in [2.75, 3.05) is 40.8 Å². The van der Waals surface area contributed by atoms with Gasteiger partial charge < -0.3 is 20.0 Å². The first kappa shape index (κ1) is 18.3. The topological polar surface area (TPSA) is 73.0 Å². The maximum absolute atomic E-state index is 12.0. The van der Waals surface area contributed by atoms with E-state index in [1.54, 1.807) is 26.0 Å². The zero-order chi connectivity index (χ0) is 17.1. The number of nitrogens with one attached hydrogen (secondary N) is 1. The highest BCUT2D eigenvalue weighted by atomic mass is 16.2. The summed E-state index contributed by atoms with van der Waals surface area (Å²) in [6.07, 6.45) is 0.471. The second kappa shape index (κ2) is 6.98. The maximum atomic E-state index is 12.0. The van der Waals surface area contributed by atoms with E-state index in [0.29, 0.717) is 19.5 Å². The van der Waals surface area contributed by atoms with Crippen LogP contribution in [0.3, 0.4) is 0 Å². The van der Waals surface area contributed by atoms with Crippen molar-refractivity contribution in [3.63, 3.8) is 0 Å². The van der Waals surface area contributed by atoms with Crippen LogP contribution >= 0.6 is 0 Å². The largest absolute Gasteiger partial charge is 0.344 e. The molecular formula is C15H28N4O3. The molecule has 0 aromatic rings. The molecule has 1 atom stereocenters. The molecule has 7 nitrogen and oxygen atoms in total. The molecule has 0 saturated carbocycles. The van der Waals surface area contributed by atoms with Gasteiger partial charge in [-0.15, -0.1) is 0 Å². The van der Waals surface area contributed by atoms with Crippen LogP contribution in [0.15, 0.2) is 0 Å².